The molecule has 2 atom stereocenters. The van der Waals surface area contributed by atoms with Crippen molar-refractivity contribution < 1.29 is 13.2 Å². The molecule has 6 heteroatoms. The summed E-state index contributed by atoms with van der Waals surface area (Å²) < 4.78 is 38.9. The molecule has 78 valence electrons. The molecule has 0 N–H and O–H groups in total. The zero-order valence-corrected chi connectivity index (χ0v) is 10.1. The smallest absolute Gasteiger partial charge is 0.227 e. The van der Waals surface area contributed by atoms with Crippen LogP contribution in [-0.4, -0.2) is 22.6 Å². The maximum absolute atomic E-state index is 12.5. The number of alkyl halides is 3. The molecule has 1 aliphatic heterocycles. The Labute approximate surface area is 92.1 Å². The molecule has 13 heavy (non-hydrogen) atoms. The van der Waals surface area contributed by atoms with Crippen molar-refractivity contribution in [1.82, 2.24) is 4.31 Å². The molecule has 1 rings (SSSR count). The highest BCUT2D eigenvalue weighted by Crippen LogP contribution is 2.40. The van der Waals surface area contributed by atoms with Gasteiger partial charge in [-0.3, -0.25) is 0 Å². The van der Waals surface area contributed by atoms with E-state index in [4.69, 9.17) is 0 Å². The second-order valence-electron chi connectivity index (χ2n) is 3.27. The van der Waals surface area contributed by atoms with Gasteiger partial charge >= 0.3 is 6.18 Å². The van der Waals surface area contributed by atoms with Crippen LogP contribution in [0.15, 0.2) is 0 Å². The maximum atomic E-state index is 12.5. The highest BCUT2D eigenvalue weighted by atomic mass is 127. The van der Waals surface area contributed by atoms with E-state index in [1.807, 2.05) is 28.1 Å². The summed E-state index contributed by atoms with van der Waals surface area (Å²) in [6.07, 6.45) is -2.29. The average molecular weight is 325 g/mol. The first-order chi connectivity index (χ1) is 5.96. The minimum Gasteiger partial charge on any atom is -0.227 e. The van der Waals surface area contributed by atoms with Gasteiger partial charge in [-0.2, -0.15) is 13.2 Å². The zero-order chi connectivity index (χ0) is 10.1. The van der Waals surface area contributed by atoms with Gasteiger partial charge in [0.1, 0.15) is 6.04 Å². The Hall–Kier alpha value is 0.830. The Morgan fingerprint density at radius 2 is 2.00 bits per heavy atom. The van der Waals surface area contributed by atoms with Crippen molar-refractivity contribution in [2.75, 3.05) is 0 Å². The van der Waals surface area contributed by atoms with E-state index in [1.54, 1.807) is 0 Å². The number of halogens is 4. The molecule has 0 saturated carbocycles. The first-order valence-electron chi connectivity index (χ1n) is 4.10. The van der Waals surface area contributed by atoms with Gasteiger partial charge in [-0.15, -0.1) is 0 Å². The lowest BCUT2D eigenvalue weighted by Crippen LogP contribution is -2.48. The molecule has 1 saturated heterocycles. The largest absolute Gasteiger partial charge is 0.404 e. The topological polar surface area (TPSA) is 3.24 Å². The van der Waals surface area contributed by atoms with Gasteiger partial charge in [-0.05, 0) is 35.3 Å². The van der Waals surface area contributed by atoms with Crippen molar-refractivity contribution in [3.05, 3.63) is 0 Å². The first-order valence-corrected chi connectivity index (χ1v) is 7.42. The molecule has 0 aromatic rings. The van der Waals surface area contributed by atoms with Gasteiger partial charge in [0.15, 0.2) is 0 Å². The fourth-order valence-electron chi connectivity index (χ4n) is 1.59. The summed E-state index contributed by atoms with van der Waals surface area (Å²) in [5.41, 5.74) is 0. The number of hydrogen-bond donors (Lipinski definition) is 0. The normalized spacial score (nSPS) is 32.1. The van der Waals surface area contributed by atoms with Crippen molar-refractivity contribution in [3.8, 4) is 0 Å². The maximum Gasteiger partial charge on any atom is 0.404 e. The molecule has 0 aliphatic carbocycles. The van der Waals surface area contributed by atoms with Gasteiger partial charge in [-0.25, -0.2) is 4.31 Å². The highest BCUT2D eigenvalue weighted by Gasteiger charge is 2.46. The van der Waals surface area contributed by atoms with Crippen molar-refractivity contribution in [3.63, 3.8) is 0 Å². The lowest BCUT2D eigenvalue weighted by Gasteiger charge is -2.38. The van der Waals surface area contributed by atoms with Gasteiger partial charge < -0.3 is 0 Å². The Balaban J connectivity index is 2.70. The minimum atomic E-state index is -4.08. The zero-order valence-electron chi connectivity index (χ0n) is 7.14. The summed E-state index contributed by atoms with van der Waals surface area (Å²) in [4.78, 5) is 0. The third kappa shape index (κ3) is 2.89. The molecule has 0 unspecified atom stereocenters. The van der Waals surface area contributed by atoms with Crippen LogP contribution in [0.25, 0.3) is 0 Å². The summed E-state index contributed by atoms with van der Waals surface area (Å²) in [6.45, 7) is 1.85. The molecule has 0 radical (unpaired) electrons. The van der Waals surface area contributed by atoms with Crippen LogP contribution in [0.3, 0.4) is 0 Å². The van der Waals surface area contributed by atoms with E-state index in [-0.39, 0.29) is 12.5 Å². The summed E-state index contributed by atoms with van der Waals surface area (Å²) in [5, 5.41) is 0. The Bertz CT molecular complexity index is 176. The molecule has 1 aliphatic rings. The van der Waals surface area contributed by atoms with E-state index in [0.717, 1.165) is 6.42 Å². The molecule has 0 amide bonds. The SMILES string of the molecule is C[C@H]1CCC[C@H](C(F)(F)F)N1SI. The van der Waals surface area contributed by atoms with Crippen LogP contribution in [-0.2, 0) is 0 Å². The third-order valence-corrected chi connectivity index (χ3v) is 4.44. The third-order valence-electron chi connectivity index (χ3n) is 2.30. The van der Waals surface area contributed by atoms with Gasteiger partial charge in [0.05, 0.1) is 0 Å². The number of piperidine rings is 1. The quantitative estimate of drug-likeness (QED) is 0.533. The first kappa shape index (κ1) is 11.9. The molecule has 0 aromatic heterocycles. The molecule has 0 bridgehead atoms. The van der Waals surface area contributed by atoms with Crippen LogP contribution in [0.5, 0.6) is 0 Å². The van der Waals surface area contributed by atoms with Crippen molar-refractivity contribution in [2.24, 2.45) is 0 Å². The minimum absolute atomic E-state index is 0.0299. The lowest BCUT2D eigenvalue weighted by atomic mass is 9.99. The Kier molecular flexibility index (Phi) is 4.18. The highest BCUT2D eigenvalue weighted by molar-refractivity contribution is 14.2. The van der Waals surface area contributed by atoms with E-state index in [1.165, 1.54) is 13.4 Å². The molecular formula is C7H11F3INS. The summed E-state index contributed by atoms with van der Waals surface area (Å²) in [5.74, 6) is 0. The fourth-order valence-corrected chi connectivity index (χ4v) is 4.14. The monoisotopic (exact) mass is 325 g/mol. The molecule has 1 heterocycles. The fraction of sp³-hybridized carbons (Fsp3) is 1.00. The van der Waals surface area contributed by atoms with E-state index >= 15 is 0 Å². The summed E-state index contributed by atoms with van der Waals surface area (Å²) >= 11 is 1.92. The standard InChI is InChI=1S/C7H11F3INS/c1-5-3-2-4-6(7(8,9)10)12(5)13-11/h5-6H,2-4H2,1H3/t5-,6+/m0/s1. The predicted molar refractivity (Wildman–Crippen MR) is 56.6 cm³/mol. The summed E-state index contributed by atoms with van der Waals surface area (Å²) in [6, 6.07) is -1.22. The molecule has 1 nitrogen and oxygen atoms in total. The second-order valence-corrected chi connectivity index (χ2v) is 5.01. The van der Waals surface area contributed by atoms with Crippen LogP contribution in [0.2, 0.25) is 0 Å². The number of rotatable bonds is 1. The van der Waals surface area contributed by atoms with Crippen LogP contribution in [0.1, 0.15) is 26.2 Å². The number of hydrogen-bond acceptors (Lipinski definition) is 2. The number of nitrogens with zero attached hydrogens (tertiary/aromatic N) is 1. The molecule has 0 aromatic carbocycles. The Morgan fingerprint density at radius 3 is 2.38 bits per heavy atom. The van der Waals surface area contributed by atoms with Gasteiger partial charge in [-0.1, -0.05) is 0 Å². The van der Waals surface area contributed by atoms with Gasteiger partial charge in [0.2, 0.25) is 0 Å². The second kappa shape index (κ2) is 4.57. The van der Waals surface area contributed by atoms with Crippen LogP contribution in [0, 0.1) is 0 Å². The van der Waals surface area contributed by atoms with Crippen LogP contribution in [0.4, 0.5) is 13.2 Å². The van der Waals surface area contributed by atoms with Gasteiger partial charge in [0.25, 0.3) is 0 Å². The molecule has 1 fully saturated rings. The van der Waals surface area contributed by atoms with E-state index < -0.39 is 12.2 Å². The van der Waals surface area contributed by atoms with Crippen LogP contribution >= 0.6 is 30.3 Å². The average Bonchev–Trinajstić information content (AvgIpc) is 2.02. The van der Waals surface area contributed by atoms with Crippen molar-refractivity contribution in [1.29, 1.82) is 0 Å². The molecule has 0 spiro atoms. The van der Waals surface area contributed by atoms with Gasteiger partial charge in [0, 0.05) is 27.2 Å². The molecular weight excluding hydrogens is 314 g/mol. The van der Waals surface area contributed by atoms with Crippen molar-refractivity contribution in [2.45, 2.75) is 44.4 Å². The van der Waals surface area contributed by atoms with E-state index in [0.29, 0.717) is 6.42 Å². The van der Waals surface area contributed by atoms with E-state index in [9.17, 15) is 13.2 Å². The summed E-state index contributed by atoms with van der Waals surface area (Å²) in [7, 11) is 1.17. The van der Waals surface area contributed by atoms with Crippen molar-refractivity contribution >= 4 is 30.3 Å². The Morgan fingerprint density at radius 1 is 1.38 bits per heavy atom. The lowest BCUT2D eigenvalue weighted by molar-refractivity contribution is -0.180. The predicted octanol–water partition coefficient (Wildman–Crippen LogP) is 3.79. The van der Waals surface area contributed by atoms with Crippen LogP contribution < -0.4 is 0 Å². The van der Waals surface area contributed by atoms with E-state index in [2.05, 4.69) is 0 Å².